The molecule has 2 heterocycles. The molecule has 0 saturated heterocycles. The Morgan fingerprint density at radius 3 is 3.00 bits per heavy atom. The zero-order valence-corrected chi connectivity index (χ0v) is 10.2. The fraction of sp³-hybridized carbons (Fsp3) is 0.167. The van der Waals surface area contributed by atoms with Gasteiger partial charge in [0.05, 0.1) is 29.6 Å². The molecule has 2 N–H and O–H groups in total. The number of esters is 1. The largest absolute Gasteiger partial charge is 0.462 e. The molecule has 0 aliphatic carbocycles. The first-order chi connectivity index (χ1) is 9.15. The maximum absolute atomic E-state index is 11.5. The minimum absolute atomic E-state index is 0.293. The first-order valence-electron chi connectivity index (χ1n) is 5.53. The fourth-order valence-corrected chi connectivity index (χ4v) is 1.49. The summed E-state index contributed by atoms with van der Waals surface area (Å²) in [6.07, 6.45) is 4.23. The molecule has 2 aromatic rings. The van der Waals surface area contributed by atoms with Crippen molar-refractivity contribution in [2.24, 2.45) is 0 Å². The third-order valence-electron chi connectivity index (χ3n) is 2.33. The summed E-state index contributed by atoms with van der Waals surface area (Å²) in [7, 11) is 0. The highest BCUT2D eigenvalue weighted by molar-refractivity contribution is 5.88. The number of nitrogens with two attached hydrogens (primary N) is 1. The normalized spacial score (nSPS) is 9.89. The summed E-state index contributed by atoms with van der Waals surface area (Å²) in [5.41, 5.74) is 6.76. The number of nitrogen functional groups attached to an aromatic ring is 1. The van der Waals surface area contributed by atoms with Crippen molar-refractivity contribution in [3.63, 3.8) is 0 Å². The smallest absolute Gasteiger partial charge is 0.341 e. The number of anilines is 1. The second kappa shape index (κ2) is 5.18. The summed E-state index contributed by atoms with van der Waals surface area (Å²) in [5, 5.41) is 12.7. The standard InChI is InChI=1S/C12H11N5O2/c1-2-19-12(18)9-6-16-17(7-9)11-10(14)3-8(4-13)5-15-11/h3,5-7H,2,14H2,1H3. The lowest BCUT2D eigenvalue weighted by molar-refractivity contribution is 0.0526. The quantitative estimate of drug-likeness (QED) is 0.818. The van der Waals surface area contributed by atoms with Crippen LogP contribution in [0.3, 0.4) is 0 Å². The van der Waals surface area contributed by atoms with Crippen LogP contribution < -0.4 is 5.73 Å². The Balaban J connectivity index is 2.33. The molecule has 2 aromatic heterocycles. The lowest BCUT2D eigenvalue weighted by Crippen LogP contribution is -2.05. The molecule has 0 unspecified atom stereocenters. The van der Waals surface area contributed by atoms with Crippen molar-refractivity contribution in [2.75, 3.05) is 12.3 Å². The van der Waals surface area contributed by atoms with Crippen LogP contribution in [0.25, 0.3) is 5.82 Å². The number of hydrogen-bond acceptors (Lipinski definition) is 6. The molecule has 0 fully saturated rings. The predicted molar refractivity (Wildman–Crippen MR) is 66.4 cm³/mol. The molecule has 19 heavy (non-hydrogen) atoms. The average molecular weight is 257 g/mol. The van der Waals surface area contributed by atoms with E-state index in [4.69, 9.17) is 15.7 Å². The molecule has 0 amide bonds. The molecule has 7 heteroatoms. The van der Waals surface area contributed by atoms with Crippen molar-refractivity contribution in [1.82, 2.24) is 14.8 Å². The van der Waals surface area contributed by atoms with Crippen molar-refractivity contribution in [3.8, 4) is 11.9 Å². The van der Waals surface area contributed by atoms with Gasteiger partial charge in [-0.3, -0.25) is 0 Å². The van der Waals surface area contributed by atoms with E-state index >= 15 is 0 Å². The topological polar surface area (TPSA) is 107 Å². The third-order valence-corrected chi connectivity index (χ3v) is 2.33. The van der Waals surface area contributed by atoms with Gasteiger partial charge in [-0.1, -0.05) is 0 Å². The van der Waals surface area contributed by atoms with Crippen LogP contribution in [0.1, 0.15) is 22.8 Å². The van der Waals surface area contributed by atoms with Crippen LogP contribution in [0.15, 0.2) is 24.7 Å². The number of pyridine rings is 1. The summed E-state index contributed by atoms with van der Waals surface area (Å²) in [6, 6.07) is 3.43. The highest BCUT2D eigenvalue weighted by Gasteiger charge is 2.12. The van der Waals surface area contributed by atoms with Gasteiger partial charge in [-0.15, -0.1) is 0 Å². The van der Waals surface area contributed by atoms with Gasteiger partial charge >= 0.3 is 5.97 Å². The monoisotopic (exact) mass is 257 g/mol. The molecule has 0 saturated carbocycles. The van der Waals surface area contributed by atoms with Crippen LogP contribution in [0.4, 0.5) is 5.69 Å². The molecule has 0 aromatic carbocycles. The Kier molecular flexibility index (Phi) is 3.43. The van der Waals surface area contributed by atoms with Gasteiger partial charge in [0.2, 0.25) is 0 Å². The van der Waals surface area contributed by atoms with Gasteiger partial charge in [0.25, 0.3) is 0 Å². The van der Waals surface area contributed by atoms with Crippen molar-refractivity contribution in [1.29, 1.82) is 5.26 Å². The van der Waals surface area contributed by atoms with Gasteiger partial charge in [0.1, 0.15) is 6.07 Å². The van der Waals surface area contributed by atoms with Gasteiger partial charge in [-0.2, -0.15) is 10.4 Å². The van der Waals surface area contributed by atoms with Gasteiger partial charge in [-0.25, -0.2) is 14.5 Å². The molecule has 0 bridgehead atoms. The Hall–Kier alpha value is -2.88. The minimum Gasteiger partial charge on any atom is -0.462 e. The molecule has 0 aliphatic heterocycles. The summed E-state index contributed by atoms with van der Waals surface area (Å²) < 4.78 is 6.22. The number of carbonyl (C=O) groups excluding carboxylic acids is 1. The minimum atomic E-state index is -0.457. The molecule has 0 aliphatic rings. The van der Waals surface area contributed by atoms with Crippen LogP contribution in [0.2, 0.25) is 0 Å². The lowest BCUT2D eigenvalue weighted by atomic mass is 10.3. The summed E-state index contributed by atoms with van der Waals surface area (Å²) >= 11 is 0. The van der Waals surface area contributed by atoms with E-state index in [1.54, 1.807) is 6.92 Å². The Bertz CT molecular complexity index is 656. The van der Waals surface area contributed by atoms with Gasteiger partial charge in [0.15, 0.2) is 5.82 Å². The number of rotatable bonds is 3. The second-order valence-electron chi connectivity index (χ2n) is 3.64. The molecular weight excluding hydrogens is 246 g/mol. The maximum atomic E-state index is 11.5. The van der Waals surface area contributed by atoms with E-state index in [1.165, 1.54) is 29.3 Å². The molecule has 2 rings (SSSR count). The zero-order valence-electron chi connectivity index (χ0n) is 10.2. The van der Waals surface area contributed by atoms with Crippen molar-refractivity contribution in [2.45, 2.75) is 6.92 Å². The fourth-order valence-electron chi connectivity index (χ4n) is 1.49. The molecule has 0 atom stereocenters. The number of aromatic nitrogens is 3. The van der Waals surface area contributed by atoms with E-state index in [-0.39, 0.29) is 0 Å². The number of carbonyl (C=O) groups is 1. The van der Waals surface area contributed by atoms with E-state index in [0.717, 1.165) is 0 Å². The summed E-state index contributed by atoms with van der Waals surface area (Å²) in [6.45, 7) is 2.02. The maximum Gasteiger partial charge on any atom is 0.341 e. The summed E-state index contributed by atoms with van der Waals surface area (Å²) in [4.78, 5) is 15.5. The Morgan fingerprint density at radius 2 is 2.37 bits per heavy atom. The molecule has 0 spiro atoms. The first-order valence-corrected chi connectivity index (χ1v) is 5.53. The van der Waals surface area contributed by atoms with E-state index in [2.05, 4.69) is 10.1 Å². The molecule has 0 radical (unpaired) electrons. The highest BCUT2D eigenvalue weighted by Crippen LogP contribution is 2.15. The second-order valence-corrected chi connectivity index (χ2v) is 3.64. The molecular formula is C12H11N5O2. The van der Waals surface area contributed by atoms with Gasteiger partial charge < -0.3 is 10.5 Å². The Labute approximate surface area is 109 Å². The van der Waals surface area contributed by atoms with Crippen molar-refractivity contribution >= 4 is 11.7 Å². The van der Waals surface area contributed by atoms with E-state index < -0.39 is 5.97 Å². The van der Waals surface area contributed by atoms with Crippen LogP contribution in [-0.4, -0.2) is 27.3 Å². The predicted octanol–water partition coefficient (Wildman–Crippen LogP) is 0.898. The number of ether oxygens (including phenoxy) is 1. The van der Waals surface area contributed by atoms with Gasteiger partial charge in [-0.05, 0) is 13.0 Å². The highest BCUT2D eigenvalue weighted by atomic mass is 16.5. The van der Waals surface area contributed by atoms with Crippen LogP contribution in [0, 0.1) is 11.3 Å². The van der Waals surface area contributed by atoms with Crippen LogP contribution in [-0.2, 0) is 4.74 Å². The number of nitrogens with zero attached hydrogens (tertiary/aromatic N) is 4. The van der Waals surface area contributed by atoms with Crippen LogP contribution in [0.5, 0.6) is 0 Å². The van der Waals surface area contributed by atoms with Crippen LogP contribution >= 0.6 is 0 Å². The zero-order chi connectivity index (χ0) is 13.8. The van der Waals surface area contributed by atoms with E-state index in [1.807, 2.05) is 6.07 Å². The Morgan fingerprint density at radius 1 is 1.58 bits per heavy atom. The van der Waals surface area contributed by atoms with E-state index in [9.17, 15) is 4.79 Å². The third kappa shape index (κ3) is 2.52. The van der Waals surface area contributed by atoms with Crippen molar-refractivity contribution in [3.05, 3.63) is 35.8 Å². The van der Waals surface area contributed by atoms with Gasteiger partial charge in [0, 0.05) is 12.4 Å². The molecule has 96 valence electrons. The first kappa shape index (κ1) is 12.6. The summed E-state index contributed by atoms with van der Waals surface area (Å²) in [5.74, 6) is -0.101. The molecule has 7 nitrogen and oxygen atoms in total. The van der Waals surface area contributed by atoms with E-state index in [0.29, 0.717) is 29.2 Å². The SMILES string of the molecule is CCOC(=O)c1cnn(-c2ncc(C#N)cc2N)c1. The lowest BCUT2D eigenvalue weighted by Gasteiger charge is -2.03. The number of hydrogen-bond donors (Lipinski definition) is 1. The van der Waals surface area contributed by atoms with Crippen molar-refractivity contribution < 1.29 is 9.53 Å². The number of nitriles is 1. The average Bonchev–Trinajstić information content (AvgIpc) is 2.88.